The van der Waals surface area contributed by atoms with Crippen LogP contribution in [0.3, 0.4) is 0 Å². The molecular weight excluding hydrogens is 342 g/mol. The molecule has 3 rings (SSSR count). The van der Waals surface area contributed by atoms with Crippen LogP contribution in [0.15, 0.2) is 29.3 Å². The van der Waals surface area contributed by atoms with Crippen molar-refractivity contribution in [2.24, 2.45) is 18.0 Å². The first kappa shape index (κ1) is 19.2. The highest BCUT2D eigenvalue weighted by Gasteiger charge is 2.27. The predicted octanol–water partition coefficient (Wildman–Crippen LogP) is 2.31. The van der Waals surface area contributed by atoms with E-state index in [0.29, 0.717) is 13.2 Å². The number of carbonyl (C=O) groups excluding carboxylic acids is 1. The second-order valence-corrected chi connectivity index (χ2v) is 6.76. The number of imidazole rings is 1. The van der Waals surface area contributed by atoms with Gasteiger partial charge < -0.3 is 19.5 Å². The van der Waals surface area contributed by atoms with Gasteiger partial charge in [0.15, 0.2) is 5.96 Å². The Bertz CT molecular complexity index is 806. The fraction of sp³-hybridized carbons (Fsp3) is 0.550. The van der Waals surface area contributed by atoms with Gasteiger partial charge in [0.2, 0.25) is 0 Å². The van der Waals surface area contributed by atoms with Crippen molar-refractivity contribution in [2.45, 2.75) is 33.2 Å². The lowest BCUT2D eigenvalue weighted by molar-refractivity contribution is -0.149. The summed E-state index contributed by atoms with van der Waals surface area (Å²) in [4.78, 5) is 23.7. The quantitative estimate of drug-likeness (QED) is 0.496. The van der Waals surface area contributed by atoms with E-state index in [1.54, 1.807) is 0 Å². The fourth-order valence-electron chi connectivity index (χ4n) is 3.50. The number of rotatable bonds is 5. The molecule has 7 heteroatoms. The lowest BCUT2D eigenvalue weighted by atomic mass is 9.97. The molecule has 1 fully saturated rings. The van der Waals surface area contributed by atoms with Crippen molar-refractivity contribution >= 4 is 23.0 Å². The van der Waals surface area contributed by atoms with E-state index in [2.05, 4.69) is 27.8 Å². The molecule has 1 saturated heterocycles. The minimum atomic E-state index is -0.0706. The van der Waals surface area contributed by atoms with E-state index in [4.69, 9.17) is 14.7 Å². The Hall–Kier alpha value is -2.57. The zero-order valence-electron chi connectivity index (χ0n) is 16.4. The molecule has 1 aromatic carbocycles. The maximum absolute atomic E-state index is 11.9. The molecular formula is C20H29N5O2. The summed E-state index contributed by atoms with van der Waals surface area (Å²) in [5.74, 6) is 1.75. The highest BCUT2D eigenvalue weighted by molar-refractivity contribution is 5.81. The van der Waals surface area contributed by atoms with Crippen molar-refractivity contribution < 1.29 is 9.53 Å². The van der Waals surface area contributed by atoms with Gasteiger partial charge in [0.25, 0.3) is 0 Å². The van der Waals surface area contributed by atoms with Crippen LogP contribution in [0.4, 0.5) is 0 Å². The smallest absolute Gasteiger partial charge is 0.309 e. The Morgan fingerprint density at radius 2 is 2.04 bits per heavy atom. The average molecular weight is 371 g/mol. The lowest BCUT2D eigenvalue weighted by Gasteiger charge is -2.33. The molecule has 146 valence electrons. The molecule has 2 heterocycles. The second kappa shape index (κ2) is 8.88. The number of ether oxygens (including phenoxy) is 1. The van der Waals surface area contributed by atoms with Crippen LogP contribution < -0.4 is 5.32 Å². The lowest BCUT2D eigenvalue weighted by Crippen LogP contribution is -2.46. The van der Waals surface area contributed by atoms with Gasteiger partial charge in [-0.3, -0.25) is 4.79 Å². The van der Waals surface area contributed by atoms with Gasteiger partial charge in [-0.05, 0) is 38.8 Å². The number of carbonyl (C=O) groups is 1. The number of esters is 1. The van der Waals surface area contributed by atoms with E-state index in [-0.39, 0.29) is 11.9 Å². The van der Waals surface area contributed by atoms with Gasteiger partial charge in [0, 0.05) is 26.7 Å². The SMILES string of the molecule is CCNC(=NCc1nc2ccccc2n1C)N1CCC(C(=O)OCC)CC1. The summed E-state index contributed by atoms with van der Waals surface area (Å²) in [6.07, 6.45) is 1.60. The largest absolute Gasteiger partial charge is 0.466 e. The predicted molar refractivity (Wildman–Crippen MR) is 106 cm³/mol. The van der Waals surface area contributed by atoms with Crippen molar-refractivity contribution in [3.05, 3.63) is 30.1 Å². The van der Waals surface area contributed by atoms with Crippen LogP contribution in [0.5, 0.6) is 0 Å². The van der Waals surface area contributed by atoms with Crippen molar-refractivity contribution in [3.63, 3.8) is 0 Å². The standard InChI is InChI=1S/C20H29N5O2/c1-4-21-20(25-12-10-15(11-13-25)19(26)27-5-2)22-14-18-23-16-8-6-7-9-17(16)24(18)3/h6-9,15H,4-5,10-14H2,1-3H3,(H,21,22). The molecule has 1 aromatic heterocycles. The van der Waals surface area contributed by atoms with E-state index in [1.165, 1.54) is 0 Å². The first-order valence-electron chi connectivity index (χ1n) is 9.74. The molecule has 1 N–H and O–H groups in total. The number of hydrogen-bond donors (Lipinski definition) is 1. The number of hydrogen-bond acceptors (Lipinski definition) is 4. The van der Waals surface area contributed by atoms with E-state index in [1.807, 2.05) is 32.2 Å². The number of nitrogens with zero attached hydrogens (tertiary/aromatic N) is 4. The zero-order chi connectivity index (χ0) is 19.2. The Labute approximate surface area is 160 Å². The monoisotopic (exact) mass is 371 g/mol. The van der Waals surface area contributed by atoms with Crippen LogP contribution in [0, 0.1) is 5.92 Å². The highest BCUT2D eigenvalue weighted by atomic mass is 16.5. The highest BCUT2D eigenvalue weighted by Crippen LogP contribution is 2.19. The maximum Gasteiger partial charge on any atom is 0.309 e. The number of piperidine rings is 1. The first-order chi connectivity index (χ1) is 13.1. The van der Waals surface area contributed by atoms with E-state index in [0.717, 1.165) is 55.3 Å². The number of benzene rings is 1. The number of aromatic nitrogens is 2. The summed E-state index contributed by atoms with van der Waals surface area (Å²) in [5, 5.41) is 3.37. The van der Waals surface area contributed by atoms with Gasteiger partial charge in [0.1, 0.15) is 12.4 Å². The Morgan fingerprint density at radius 3 is 2.70 bits per heavy atom. The van der Waals surface area contributed by atoms with Gasteiger partial charge in [-0.1, -0.05) is 12.1 Å². The summed E-state index contributed by atoms with van der Waals surface area (Å²) in [5.41, 5.74) is 2.11. The number of aliphatic imine (C=N–C) groups is 1. The number of guanidine groups is 1. The number of fused-ring (bicyclic) bond motifs is 1. The molecule has 2 aromatic rings. The molecule has 0 aliphatic carbocycles. The summed E-state index contributed by atoms with van der Waals surface area (Å²) in [6.45, 7) is 7.29. The van der Waals surface area contributed by atoms with E-state index < -0.39 is 0 Å². The molecule has 0 bridgehead atoms. The summed E-state index contributed by atoms with van der Waals surface area (Å²) >= 11 is 0. The number of likely N-dealkylation sites (tertiary alicyclic amines) is 1. The number of aryl methyl sites for hydroxylation is 1. The van der Waals surface area contributed by atoms with Crippen LogP contribution in [0.2, 0.25) is 0 Å². The summed E-state index contributed by atoms with van der Waals surface area (Å²) in [7, 11) is 2.03. The average Bonchev–Trinajstić information content (AvgIpc) is 3.01. The van der Waals surface area contributed by atoms with Crippen LogP contribution in [0.25, 0.3) is 11.0 Å². The Kier molecular flexibility index (Phi) is 6.32. The minimum Gasteiger partial charge on any atom is -0.466 e. The molecule has 27 heavy (non-hydrogen) atoms. The number of para-hydroxylation sites is 2. The van der Waals surface area contributed by atoms with Crippen LogP contribution in [-0.2, 0) is 23.1 Å². The van der Waals surface area contributed by atoms with E-state index in [9.17, 15) is 4.79 Å². The molecule has 0 saturated carbocycles. The molecule has 7 nitrogen and oxygen atoms in total. The summed E-state index contributed by atoms with van der Waals surface area (Å²) < 4.78 is 7.25. The van der Waals surface area contributed by atoms with Crippen molar-refractivity contribution in [1.82, 2.24) is 19.8 Å². The Morgan fingerprint density at radius 1 is 1.30 bits per heavy atom. The molecule has 0 unspecified atom stereocenters. The molecule has 0 amide bonds. The van der Waals surface area contributed by atoms with E-state index >= 15 is 0 Å². The third-order valence-electron chi connectivity index (χ3n) is 5.00. The molecule has 0 atom stereocenters. The molecule has 0 spiro atoms. The van der Waals surface area contributed by atoms with Crippen molar-refractivity contribution in [1.29, 1.82) is 0 Å². The third kappa shape index (κ3) is 4.40. The zero-order valence-corrected chi connectivity index (χ0v) is 16.4. The second-order valence-electron chi connectivity index (χ2n) is 6.76. The van der Waals surface area contributed by atoms with Gasteiger partial charge in [-0.15, -0.1) is 0 Å². The van der Waals surface area contributed by atoms with Crippen molar-refractivity contribution in [3.8, 4) is 0 Å². The van der Waals surface area contributed by atoms with Gasteiger partial charge in [-0.25, -0.2) is 9.98 Å². The topological polar surface area (TPSA) is 71.8 Å². The number of nitrogens with one attached hydrogen (secondary N) is 1. The third-order valence-corrected chi connectivity index (χ3v) is 5.00. The Balaban J connectivity index is 1.68. The molecule has 1 aliphatic heterocycles. The molecule has 0 radical (unpaired) electrons. The van der Waals surface area contributed by atoms with Gasteiger partial charge in [0.05, 0.1) is 23.6 Å². The van der Waals surface area contributed by atoms with Crippen LogP contribution >= 0.6 is 0 Å². The van der Waals surface area contributed by atoms with Gasteiger partial charge in [-0.2, -0.15) is 0 Å². The minimum absolute atomic E-state index is 0.00363. The summed E-state index contributed by atoms with van der Waals surface area (Å²) in [6, 6.07) is 8.11. The van der Waals surface area contributed by atoms with Crippen molar-refractivity contribution in [2.75, 3.05) is 26.2 Å². The van der Waals surface area contributed by atoms with Gasteiger partial charge >= 0.3 is 5.97 Å². The normalized spacial score (nSPS) is 16.0. The van der Waals surface area contributed by atoms with Crippen LogP contribution in [-0.4, -0.2) is 52.6 Å². The fourth-order valence-corrected chi connectivity index (χ4v) is 3.50. The van der Waals surface area contributed by atoms with Crippen LogP contribution in [0.1, 0.15) is 32.5 Å². The maximum atomic E-state index is 11.9. The molecule has 1 aliphatic rings. The first-order valence-corrected chi connectivity index (χ1v) is 9.74.